The van der Waals surface area contributed by atoms with E-state index in [1.165, 1.54) is 0 Å². The molecule has 5 nitrogen and oxygen atoms in total. The number of carbonyl (C=O) groups is 1. The first-order valence-electron chi connectivity index (χ1n) is 7.99. The summed E-state index contributed by atoms with van der Waals surface area (Å²) in [5, 5.41) is 0.555. The van der Waals surface area contributed by atoms with Crippen molar-refractivity contribution >= 4 is 16.8 Å². The topological polar surface area (TPSA) is 78.0 Å². The van der Waals surface area contributed by atoms with Crippen molar-refractivity contribution < 1.29 is 4.79 Å². The minimum Gasteiger partial charge on any atom is -0.370 e. The van der Waals surface area contributed by atoms with Gasteiger partial charge in [0.15, 0.2) is 0 Å². The van der Waals surface area contributed by atoms with Crippen LogP contribution in [0, 0.1) is 0 Å². The average molecular weight is 321 g/mol. The van der Waals surface area contributed by atoms with Gasteiger partial charge in [-0.15, -0.1) is 0 Å². The molecule has 0 saturated heterocycles. The zero-order valence-corrected chi connectivity index (χ0v) is 13.5. The molecule has 0 aliphatic rings. The first-order chi connectivity index (χ1) is 11.6. The summed E-state index contributed by atoms with van der Waals surface area (Å²) in [5.74, 6) is 0.333. The van der Waals surface area contributed by atoms with Gasteiger partial charge in [-0.25, -0.2) is 4.98 Å². The Kier molecular flexibility index (Phi) is 4.42. The molecule has 0 unspecified atom stereocenters. The van der Waals surface area contributed by atoms with E-state index in [0.29, 0.717) is 29.6 Å². The highest BCUT2D eigenvalue weighted by atomic mass is 16.1. The van der Waals surface area contributed by atoms with E-state index in [9.17, 15) is 9.59 Å². The van der Waals surface area contributed by atoms with Crippen molar-refractivity contribution in [3.63, 3.8) is 0 Å². The highest BCUT2D eigenvalue weighted by Gasteiger charge is 2.14. The Morgan fingerprint density at radius 2 is 1.88 bits per heavy atom. The van der Waals surface area contributed by atoms with Crippen molar-refractivity contribution in [1.29, 1.82) is 0 Å². The highest BCUT2D eigenvalue weighted by Crippen LogP contribution is 2.18. The maximum absolute atomic E-state index is 13.2. The van der Waals surface area contributed by atoms with Crippen molar-refractivity contribution in [3.05, 3.63) is 70.3 Å². The van der Waals surface area contributed by atoms with Gasteiger partial charge in [0.25, 0.3) is 5.56 Å². The molecule has 0 radical (unpaired) electrons. The number of nitrogens with zero attached hydrogens (tertiary/aromatic N) is 2. The third-order valence-electron chi connectivity index (χ3n) is 4.02. The van der Waals surface area contributed by atoms with E-state index in [-0.39, 0.29) is 17.9 Å². The maximum atomic E-state index is 13.2. The largest absolute Gasteiger partial charge is 0.370 e. The van der Waals surface area contributed by atoms with Gasteiger partial charge in [-0.3, -0.25) is 14.2 Å². The fourth-order valence-corrected chi connectivity index (χ4v) is 2.89. The smallest absolute Gasteiger partial charge is 0.266 e. The summed E-state index contributed by atoms with van der Waals surface area (Å²) in [6.07, 6.45) is 1.29. The minimum atomic E-state index is -0.381. The van der Waals surface area contributed by atoms with E-state index in [1.54, 1.807) is 4.57 Å². The quantitative estimate of drug-likeness (QED) is 0.783. The maximum Gasteiger partial charge on any atom is 0.266 e. The molecule has 0 spiro atoms. The van der Waals surface area contributed by atoms with Crippen LogP contribution in [0.4, 0.5) is 0 Å². The molecule has 2 aromatic carbocycles. The summed E-state index contributed by atoms with van der Waals surface area (Å²) in [4.78, 5) is 29.0. The lowest BCUT2D eigenvalue weighted by Crippen LogP contribution is -2.24. The molecule has 1 aromatic heterocycles. The van der Waals surface area contributed by atoms with Gasteiger partial charge >= 0.3 is 0 Å². The SMILES string of the molecule is CCc1nc2cccc(CCC(N)=O)c2c(=O)n1-c1ccccc1. The van der Waals surface area contributed by atoms with Gasteiger partial charge in [-0.1, -0.05) is 37.3 Å². The van der Waals surface area contributed by atoms with Crippen LogP contribution in [0.15, 0.2) is 53.3 Å². The second-order valence-electron chi connectivity index (χ2n) is 5.64. The molecular weight excluding hydrogens is 302 g/mol. The van der Waals surface area contributed by atoms with Gasteiger partial charge in [0.2, 0.25) is 5.91 Å². The average Bonchev–Trinajstić information content (AvgIpc) is 2.60. The number of carbonyl (C=O) groups excluding carboxylic acids is 1. The molecular formula is C19H19N3O2. The number of aryl methyl sites for hydroxylation is 2. The summed E-state index contributed by atoms with van der Waals surface area (Å²) >= 11 is 0. The molecule has 1 amide bonds. The van der Waals surface area contributed by atoms with Crippen molar-refractivity contribution in [1.82, 2.24) is 9.55 Å². The molecule has 24 heavy (non-hydrogen) atoms. The van der Waals surface area contributed by atoms with Crippen LogP contribution < -0.4 is 11.3 Å². The molecule has 0 atom stereocenters. The fraction of sp³-hybridized carbons (Fsp3) is 0.211. The van der Waals surface area contributed by atoms with E-state index < -0.39 is 0 Å². The third kappa shape index (κ3) is 2.93. The molecule has 0 saturated carbocycles. The Labute approximate surface area is 139 Å². The number of benzene rings is 2. The van der Waals surface area contributed by atoms with Gasteiger partial charge < -0.3 is 5.73 Å². The van der Waals surface area contributed by atoms with Crippen LogP contribution in [-0.2, 0) is 17.6 Å². The number of hydrogen-bond donors (Lipinski definition) is 1. The summed E-state index contributed by atoms with van der Waals surface area (Å²) in [7, 11) is 0. The number of amides is 1. The minimum absolute atomic E-state index is 0.108. The second kappa shape index (κ2) is 6.66. The monoisotopic (exact) mass is 321 g/mol. The zero-order chi connectivity index (χ0) is 17.1. The highest BCUT2D eigenvalue weighted by molar-refractivity contribution is 5.83. The van der Waals surface area contributed by atoms with Crippen LogP contribution in [0.3, 0.4) is 0 Å². The number of fused-ring (bicyclic) bond motifs is 1. The van der Waals surface area contributed by atoms with Crippen LogP contribution in [0.25, 0.3) is 16.6 Å². The van der Waals surface area contributed by atoms with Crippen molar-refractivity contribution in [2.75, 3.05) is 0 Å². The Hall–Kier alpha value is -2.95. The lowest BCUT2D eigenvalue weighted by atomic mass is 10.0. The Morgan fingerprint density at radius 3 is 2.54 bits per heavy atom. The van der Waals surface area contributed by atoms with Gasteiger partial charge in [0, 0.05) is 12.8 Å². The van der Waals surface area contributed by atoms with Gasteiger partial charge in [0.05, 0.1) is 16.6 Å². The number of primary amides is 1. The van der Waals surface area contributed by atoms with Crippen molar-refractivity contribution in [2.45, 2.75) is 26.2 Å². The molecule has 122 valence electrons. The van der Waals surface area contributed by atoms with Crippen LogP contribution in [0.1, 0.15) is 24.7 Å². The Balaban J connectivity index is 2.28. The molecule has 0 aliphatic carbocycles. The molecule has 0 fully saturated rings. The number of rotatable bonds is 5. The van der Waals surface area contributed by atoms with E-state index in [1.807, 2.05) is 55.5 Å². The predicted molar refractivity (Wildman–Crippen MR) is 94.2 cm³/mol. The van der Waals surface area contributed by atoms with Crippen LogP contribution >= 0.6 is 0 Å². The fourth-order valence-electron chi connectivity index (χ4n) is 2.89. The Bertz CT molecular complexity index is 946. The third-order valence-corrected chi connectivity index (χ3v) is 4.02. The summed E-state index contributed by atoms with van der Waals surface area (Å²) in [6, 6.07) is 15.0. The van der Waals surface area contributed by atoms with E-state index in [2.05, 4.69) is 4.98 Å². The predicted octanol–water partition coefficient (Wildman–Crippen LogP) is 2.37. The van der Waals surface area contributed by atoms with E-state index >= 15 is 0 Å². The number of para-hydroxylation sites is 1. The molecule has 2 N–H and O–H groups in total. The normalized spacial score (nSPS) is 10.9. The Morgan fingerprint density at radius 1 is 1.12 bits per heavy atom. The van der Waals surface area contributed by atoms with Gasteiger partial charge in [-0.2, -0.15) is 0 Å². The number of aromatic nitrogens is 2. The molecule has 3 rings (SSSR count). The molecule has 0 bridgehead atoms. The van der Waals surface area contributed by atoms with E-state index in [0.717, 1.165) is 11.3 Å². The number of hydrogen-bond acceptors (Lipinski definition) is 3. The standard InChI is InChI=1S/C19H19N3O2/c1-2-17-21-15-10-6-7-13(11-12-16(20)23)18(15)19(24)22(17)14-8-4-3-5-9-14/h3-10H,2,11-12H2,1H3,(H2,20,23). The zero-order valence-electron chi connectivity index (χ0n) is 13.5. The summed E-state index contributed by atoms with van der Waals surface area (Å²) < 4.78 is 1.65. The molecule has 1 heterocycles. The number of nitrogens with two attached hydrogens (primary N) is 1. The second-order valence-corrected chi connectivity index (χ2v) is 5.64. The van der Waals surface area contributed by atoms with Crippen LogP contribution in [0.2, 0.25) is 0 Å². The van der Waals surface area contributed by atoms with Crippen LogP contribution in [0.5, 0.6) is 0 Å². The first kappa shape index (κ1) is 15.9. The van der Waals surface area contributed by atoms with Gasteiger partial charge in [-0.05, 0) is 30.2 Å². The molecule has 0 aliphatic heterocycles. The molecule has 5 heteroatoms. The van der Waals surface area contributed by atoms with Crippen molar-refractivity contribution in [3.8, 4) is 5.69 Å². The van der Waals surface area contributed by atoms with Gasteiger partial charge in [0.1, 0.15) is 5.82 Å². The first-order valence-corrected chi connectivity index (χ1v) is 7.99. The molecule has 3 aromatic rings. The lowest BCUT2D eigenvalue weighted by Gasteiger charge is -2.14. The summed E-state index contributed by atoms with van der Waals surface area (Å²) in [6.45, 7) is 1.98. The summed E-state index contributed by atoms with van der Waals surface area (Å²) in [5.41, 5.74) is 7.39. The lowest BCUT2D eigenvalue weighted by molar-refractivity contribution is -0.117. The van der Waals surface area contributed by atoms with E-state index in [4.69, 9.17) is 5.73 Å². The van der Waals surface area contributed by atoms with Crippen LogP contribution in [-0.4, -0.2) is 15.5 Å². The van der Waals surface area contributed by atoms with Crippen molar-refractivity contribution in [2.24, 2.45) is 5.73 Å².